The summed E-state index contributed by atoms with van der Waals surface area (Å²) in [6.45, 7) is 9.73. The maximum atomic E-state index is 14.1. The van der Waals surface area contributed by atoms with Crippen LogP contribution in [0, 0.1) is 6.92 Å². The molecule has 0 atom stereocenters. The molecule has 0 aliphatic carbocycles. The number of anilines is 6. The predicted octanol–water partition coefficient (Wildman–Crippen LogP) is 6.21. The van der Waals surface area contributed by atoms with E-state index in [1.807, 2.05) is 45.0 Å². The molecule has 2 saturated heterocycles. The first-order chi connectivity index (χ1) is 25.8. The number of piperazine rings is 1. The van der Waals surface area contributed by atoms with Gasteiger partial charge >= 0.3 is 12.2 Å². The normalized spacial score (nSPS) is 15.3. The Morgan fingerprint density at radius 1 is 0.926 bits per heavy atom. The summed E-state index contributed by atoms with van der Waals surface area (Å²) in [6.07, 6.45) is -2.24. The van der Waals surface area contributed by atoms with Crippen molar-refractivity contribution < 1.29 is 32.3 Å². The molecule has 4 amide bonds. The molecule has 4 N–H and O–H groups in total. The van der Waals surface area contributed by atoms with Crippen LogP contribution in [0.5, 0.6) is 5.75 Å². The highest BCUT2D eigenvalue weighted by Crippen LogP contribution is 2.40. The molecule has 2 aromatic carbocycles. The van der Waals surface area contributed by atoms with E-state index < -0.39 is 23.7 Å². The number of hydrogen-bond donors (Lipinski definition) is 4. The zero-order valence-electron chi connectivity index (χ0n) is 30.4. The minimum absolute atomic E-state index is 0.147. The average Bonchev–Trinajstić information content (AvgIpc) is 3.13. The highest BCUT2D eigenvalue weighted by atomic mass is 19.4. The van der Waals surface area contributed by atoms with Crippen LogP contribution in [0.3, 0.4) is 0 Å². The fraction of sp³-hybridized carbons (Fsp3) is 0.342. The molecule has 4 heterocycles. The van der Waals surface area contributed by atoms with E-state index in [-0.39, 0.29) is 41.2 Å². The summed E-state index contributed by atoms with van der Waals surface area (Å²) >= 11 is 0. The number of urea groups is 1. The number of nitrogens with one attached hydrogen (secondary N) is 4. The monoisotopic (exact) mass is 745 g/mol. The van der Waals surface area contributed by atoms with E-state index in [0.29, 0.717) is 30.2 Å². The SMILES string of the molecule is CNC(=O)c1ccccc1Nc1cc(Nc2cc(C)c(N3CCN(Cc4ccc(N5CCC(=O)NC5=O)cn4)CC3)cc2OC(C)C)ncc1C(F)(F)F. The second-order valence-electron chi connectivity index (χ2n) is 13.3. The number of ether oxygens (including phenoxy) is 1. The third-order valence-corrected chi connectivity index (χ3v) is 9.07. The second-order valence-corrected chi connectivity index (χ2v) is 13.3. The van der Waals surface area contributed by atoms with Gasteiger partial charge < -0.3 is 25.6 Å². The lowest BCUT2D eigenvalue weighted by Crippen LogP contribution is -2.49. The number of aryl methyl sites for hydroxylation is 1. The average molecular weight is 746 g/mol. The third kappa shape index (κ3) is 8.82. The maximum absolute atomic E-state index is 14.1. The van der Waals surface area contributed by atoms with Gasteiger partial charge in [-0.25, -0.2) is 9.78 Å². The van der Waals surface area contributed by atoms with Crippen LogP contribution in [-0.2, 0) is 17.5 Å². The van der Waals surface area contributed by atoms with Crippen LogP contribution in [0.25, 0.3) is 0 Å². The fourth-order valence-electron chi connectivity index (χ4n) is 6.38. The van der Waals surface area contributed by atoms with Crippen LogP contribution in [-0.4, -0.2) is 78.6 Å². The van der Waals surface area contributed by atoms with E-state index in [9.17, 15) is 27.6 Å². The Morgan fingerprint density at radius 2 is 1.69 bits per heavy atom. The Bertz CT molecular complexity index is 2020. The Kier molecular flexibility index (Phi) is 11.2. The van der Waals surface area contributed by atoms with Crippen LogP contribution in [0.1, 0.15) is 47.4 Å². The van der Waals surface area contributed by atoms with Crippen LogP contribution in [0.4, 0.5) is 52.2 Å². The molecule has 16 heteroatoms. The van der Waals surface area contributed by atoms with Gasteiger partial charge in [-0.05, 0) is 56.7 Å². The molecule has 2 aliphatic heterocycles. The number of pyridine rings is 2. The molecule has 0 spiro atoms. The molecule has 284 valence electrons. The number of alkyl halides is 3. The van der Waals surface area contributed by atoms with Crippen molar-refractivity contribution in [3.63, 3.8) is 0 Å². The molecule has 0 unspecified atom stereocenters. The van der Waals surface area contributed by atoms with E-state index in [4.69, 9.17) is 4.74 Å². The van der Waals surface area contributed by atoms with E-state index in [1.165, 1.54) is 30.1 Å². The number of halogens is 3. The predicted molar refractivity (Wildman–Crippen MR) is 200 cm³/mol. The van der Waals surface area contributed by atoms with E-state index >= 15 is 0 Å². The van der Waals surface area contributed by atoms with Gasteiger partial charge in [0, 0.05) is 76.8 Å². The first-order valence-electron chi connectivity index (χ1n) is 17.6. The Labute approximate surface area is 310 Å². The van der Waals surface area contributed by atoms with Gasteiger partial charge in [-0.1, -0.05) is 12.1 Å². The summed E-state index contributed by atoms with van der Waals surface area (Å²) in [5.41, 5.74) is 3.10. The second kappa shape index (κ2) is 16.0. The molecule has 2 fully saturated rings. The zero-order chi connectivity index (χ0) is 38.6. The first-order valence-corrected chi connectivity index (χ1v) is 17.6. The number of amides is 4. The molecule has 2 aromatic heterocycles. The number of carbonyl (C=O) groups excluding carboxylic acids is 3. The molecule has 0 saturated carbocycles. The summed E-state index contributed by atoms with van der Waals surface area (Å²) < 4.78 is 48.6. The van der Waals surface area contributed by atoms with Crippen LogP contribution in [0.15, 0.2) is 67.0 Å². The number of imide groups is 1. The lowest BCUT2D eigenvalue weighted by molar-refractivity contribution is -0.137. The van der Waals surface area contributed by atoms with Crippen molar-refractivity contribution >= 4 is 52.1 Å². The largest absolute Gasteiger partial charge is 0.489 e. The van der Waals surface area contributed by atoms with Crippen molar-refractivity contribution in [2.24, 2.45) is 0 Å². The highest BCUT2D eigenvalue weighted by molar-refractivity contribution is 6.05. The topological polar surface area (TPSA) is 144 Å². The van der Waals surface area contributed by atoms with Crippen LogP contribution in [0.2, 0.25) is 0 Å². The molecule has 0 radical (unpaired) electrons. The van der Waals surface area contributed by atoms with E-state index in [2.05, 4.69) is 41.0 Å². The smallest absolute Gasteiger partial charge is 0.419 e. The minimum atomic E-state index is -4.71. The number of carbonyl (C=O) groups is 3. The van der Waals surface area contributed by atoms with Gasteiger partial charge in [0.2, 0.25) is 5.91 Å². The van der Waals surface area contributed by atoms with Crippen LogP contribution >= 0.6 is 0 Å². The molecule has 4 aromatic rings. The maximum Gasteiger partial charge on any atom is 0.419 e. The first kappa shape index (κ1) is 37.8. The quantitative estimate of drug-likeness (QED) is 0.140. The van der Waals surface area contributed by atoms with Crippen LogP contribution < -0.4 is 35.8 Å². The fourth-order valence-corrected chi connectivity index (χ4v) is 6.38. The van der Waals surface area contributed by atoms with Crippen molar-refractivity contribution in [2.45, 2.75) is 46.0 Å². The van der Waals surface area contributed by atoms with Gasteiger partial charge in [0.25, 0.3) is 5.91 Å². The standard InChI is InChI=1S/C38H42F3N9O4/c1-23(2)54-33-19-32(49-15-13-48(14-16-49)22-25-9-10-26(20-43-25)50-12-11-35(51)47-37(50)53)24(3)17-31(33)46-34-18-30(28(21-44-34)38(39,40)41)45-29-8-6-5-7-27(29)36(52)42-4/h5-10,17-21,23H,11-16,22H2,1-4H3,(H,42,52)(H2,44,45,46)(H,47,51,53). The van der Waals surface area contributed by atoms with Crippen molar-refractivity contribution in [3.8, 4) is 5.75 Å². The summed E-state index contributed by atoms with van der Waals surface area (Å²) in [4.78, 5) is 50.9. The van der Waals surface area contributed by atoms with Gasteiger partial charge in [0.1, 0.15) is 11.6 Å². The molecule has 2 aliphatic rings. The van der Waals surface area contributed by atoms with Gasteiger partial charge in [-0.3, -0.25) is 29.7 Å². The third-order valence-electron chi connectivity index (χ3n) is 9.07. The molecule has 54 heavy (non-hydrogen) atoms. The van der Waals surface area contributed by atoms with Gasteiger partial charge in [0.05, 0.1) is 51.9 Å². The van der Waals surface area contributed by atoms with Crippen molar-refractivity contribution in [1.82, 2.24) is 25.5 Å². The van der Waals surface area contributed by atoms with Crippen molar-refractivity contribution in [1.29, 1.82) is 0 Å². The number of nitrogens with zero attached hydrogens (tertiary/aromatic N) is 5. The van der Waals surface area contributed by atoms with Gasteiger partial charge in [-0.15, -0.1) is 0 Å². The van der Waals surface area contributed by atoms with E-state index in [0.717, 1.165) is 49.3 Å². The zero-order valence-corrected chi connectivity index (χ0v) is 30.4. The number of rotatable bonds is 11. The summed E-state index contributed by atoms with van der Waals surface area (Å²) in [6, 6.07) is 14.7. The Morgan fingerprint density at radius 3 is 2.35 bits per heavy atom. The number of aromatic nitrogens is 2. The molecule has 0 bridgehead atoms. The number of hydrogen-bond acceptors (Lipinski definition) is 10. The van der Waals surface area contributed by atoms with Crippen molar-refractivity contribution in [2.75, 3.05) is 60.2 Å². The summed E-state index contributed by atoms with van der Waals surface area (Å²) in [7, 11) is 1.45. The summed E-state index contributed by atoms with van der Waals surface area (Å²) in [5, 5.41) is 10.8. The van der Waals surface area contributed by atoms with Crippen molar-refractivity contribution in [3.05, 3.63) is 89.4 Å². The van der Waals surface area contributed by atoms with E-state index in [1.54, 1.807) is 18.3 Å². The lowest BCUT2D eigenvalue weighted by Gasteiger charge is -2.37. The number of para-hydroxylation sites is 1. The lowest BCUT2D eigenvalue weighted by atomic mass is 10.1. The van der Waals surface area contributed by atoms with Gasteiger partial charge in [-0.2, -0.15) is 13.2 Å². The highest BCUT2D eigenvalue weighted by Gasteiger charge is 2.35. The number of benzene rings is 2. The molecular weight excluding hydrogens is 703 g/mol. The minimum Gasteiger partial charge on any atom is -0.489 e. The molecule has 13 nitrogen and oxygen atoms in total. The summed E-state index contributed by atoms with van der Waals surface area (Å²) in [5.74, 6) is -0.0629. The molecule has 6 rings (SSSR count). The Hall–Kier alpha value is -5.90. The Balaban J connectivity index is 1.16. The van der Waals surface area contributed by atoms with Gasteiger partial charge in [0.15, 0.2) is 0 Å². The molecular formula is C38H42F3N9O4.